The largest absolute Gasteiger partial charge is 0.487 e. The highest BCUT2D eigenvalue weighted by Crippen LogP contribution is 2.30. The third-order valence-electron chi connectivity index (χ3n) is 5.40. The van der Waals surface area contributed by atoms with E-state index in [-0.39, 0.29) is 12.2 Å². The minimum atomic E-state index is -4.44. The number of halogens is 3. The summed E-state index contributed by atoms with van der Waals surface area (Å²) in [6.45, 7) is 1.59. The molecule has 0 radical (unpaired) electrons. The minimum absolute atomic E-state index is 0.0560. The molecule has 0 saturated carbocycles. The Bertz CT molecular complexity index is 1340. The maximum absolute atomic E-state index is 12.6. The van der Waals surface area contributed by atoms with Gasteiger partial charge in [-0.15, -0.1) is 0 Å². The van der Waals surface area contributed by atoms with Crippen LogP contribution in [0.1, 0.15) is 22.6 Å². The molecule has 9 heteroatoms. The van der Waals surface area contributed by atoms with Gasteiger partial charge in [-0.1, -0.05) is 0 Å². The zero-order valence-corrected chi connectivity index (χ0v) is 16.8. The summed E-state index contributed by atoms with van der Waals surface area (Å²) < 4.78 is 50.8. The van der Waals surface area contributed by atoms with Gasteiger partial charge in [0.2, 0.25) is 0 Å². The minimum Gasteiger partial charge on any atom is -0.487 e. The van der Waals surface area contributed by atoms with Crippen LogP contribution in [0.3, 0.4) is 0 Å². The highest BCUT2D eigenvalue weighted by Gasteiger charge is 2.30. The summed E-state index contributed by atoms with van der Waals surface area (Å²) in [4.78, 5) is 16.4. The highest BCUT2D eigenvalue weighted by atomic mass is 19.4. The Balaban J connectivity index is 1.33. The summed E-state index contributed by atoms with van der Waals surface area (Å²) in [6.07, 6.45) is -1.26. The van der Waals surface area contributed by atoms with E-state index in [0.717, 1.165) is 54.1 Å². The molecule has 0 spiro atoms. The van der Waals surface area contributed by atoms with Gasteiger partial charge >= 0.3 is 6.18 Å². The van der Waals surface area contributed by atoms with Gasteiger partial charge in [0.1, 0.15) is 23.7 Å². The first kappa shape index (κ1) is 20.3. The Morgan fingerprint density at radius 3 is 2.78 bits per heavy atom. The van der Waals surface area contributed by atoms with Crippen LogP contribution in [0.25, 0.3) is 16.7 Å². The van der Waals surface area contributed by atoms with Crippen molar-refractivity contribution in [3.8, 4) is 11.4 Å². The molecular weight excluding hydrogens is 423 g/mol. The van der Waals surface area contributed by atoms with Gasteiger partial charge in [0, 0.05) is 55.0 Å². The number of hydrogen-bond acceptors (Lipinski definition) is 5. The molecule has 0 saturated heterocycles. The third-order valence-corrected chi connectivity index (χ3v) is 5.40. The van der Waals surface area contributed by atoms with Crippen LogP contribution in [-0.2, 0) is 25.7 Å². The molecule has 1 aliphatic rings. The maximum Gasteiger partial charge on any atom is 0.417 e. The van der Waals surface area contributed by atoms with Crippen LogP contribution in [0.5, 0.6) is 5.75 Å². The van der Waals surface area contributed by atoms with Gasteiger partial charge < -0.3 is 14.5 Å². The zero-order valence-electron chi connectivity index (χ0n) is 16.8. The number of nitrogens with zero attached hydrogens (tertiary/aromatic N) is 2. The first-order valence-corrected chi connectivity index (χ1v) is 10.0. The maximum atomic E-state index is 12.6. The normalized spacial score (nSPS) is 13.8. The van der Waals surface area contributed by atoms with Crippen molar-refractivity contribution in [1.29, 1.82) is 0 Å². The van der Waals surface area contributed by atoms with E-state index in [9.17, 15) is 18.0 Å². The lowest BCUT2D eigenvalue weighted by Crippen LogP contribution is -2.22. The molecule has 0 unspecified atom stereocenters. The fourth-order valence-corrected chi connectivity index (χ4v) is 3.75. The highest BCUT2D eigenvalue weighted by molar-refractivity contribution is 5.84. The summed E-state index contributed by atoms with van der Waals surface area (Å²) >= 11 is 0. The van der Waals surface area contributed by atoms with E-state index in [1.807, 2.05) is 18.2 Å². The second kappa shape index (κ2) is 7.83. The molecule has 4 aromatic rings. The van der Waals surface area contributed by atoms with Crippen LogP contribution in [0.4, 0.5) is 13.2 Å². The van der Waals surface area contributed by atoms with Crippen molar-refractivity contribution in [3.05, 3.63) is 87.8 Å². The number of nitrogens with one attached hydrogen (secondary N) is 1. The molecule has 1 aliphatic heterocycles. The quantitative estimate of drug-likeness (QED) is 0.514. The Labute approximate surface area is 180 Å². The summed E-state index contributed by atoms with van der Waals surface area (Å²) in [5.41, 5.74) is 1.75. The second-order valence-corrected chi connectivity index (χ2v) is 7.51. The topological polar surface area (TPSA) is 69.3 Å². The van der Waals surface area contributed by atoms with Gasteiger partial charge in [-0.05, 0) is 30.3 Å². The fraction of sp³-hybridized carbons (Fsp3) is 0.217. The number of rotatable bonds is 4. The van der Waals surface area contributed by atoms with Crippen molar-refractivity contribution in [1.82, 2.24) is 14.9 Å². The van der Waals surface area contributed by atoms with Gasteiger partial charge in [0.05, 0.1) is 16.9 Å². The number of furan rings is 1. The van der Waals surface area contributed by atoms with Crippen LogP contribution in [0, 0.1) is 0 Å². The average molecular weight is 441 g/mol. The van der Waals surface area contributed by atoms with Crippen LogP contribution in [0.2, 0.25) is 0 Å². The Morgan fingerprint density at radius 2 is 2.03 bits per heavy atom. The Kier molecular flexibility index (Phi) is 4.97. The van der Waals surface area contributed by atoms with E-state index in [0.29, 0.717) is 17.1 Å². The van der Waals surface area contributed by atoms with Gasteiger partial charge in [-0.3, -0.25) is 14.3 Å². The van der Waals surface area contributed by atoms with Crippen LogP contribution < -0.4 is 15.6 Å². The average Bonchev–Trinajstić information content (AvgIpc) is 3.15. The summed E-state index contributed by atoms with van der Waals surface area (Å²) in [7, 11) is 0. The number of hydrogen-bond donors (Lipinski definition) is 1. The SMILES string of the molecule is O=c1cc(OCc2ccc(C(F)(F)F)cn2)ccn1-c1ccc2c3c(oc2c1)CCNC3. The number of fused-ring (bicyclic) bond motifs is 3. The van der Waals surface area contributed by atoms with Crippen molar-refractivity contribution in [2.24, 2.45) is 0 Å². The van der Waals surface area contributed by atoms with E-state index in [2.05, 4.69) is 10.3 Å². The summed E-state index contributed by atoms with van der Waals surface area (Å²) in [6, 6.07) is 10.8. The lowest BCUT2D eigenvalue weighted by Gasteiger charge is -2.11. The van der Waals surface area contributed by atoms with E-state index in [4.69, 9.17) is 9.15 Å². The molecule has 0 amide bonds. The first-order chi connectivity index (χ1) is 15.4. The van der Waals surface area contributed by atoms with Crippen molar-refractivity contribution in [2.75, 3.05) is 6.54 Å². The number of ether oxygens (including phenoxy) is 1. The molecule has 6 nitrogen and oxygen atoms in total. The van der Waals surface area contributed by atoms with Crippen molar-refractivity contribution in [3.63, 3.8) is 0 Å². The molecule has 3 aromatic heterocycles. The monoisotopic (exact) mass is 441 g/mol. The molecule has 0 aliphatic carbocycles. The molecule has 5 rings (SSSR count). The number of pyridine rings is 2. The van der Waals surface area contributed by atoms with Gasteiger partial charge in [0.25, 0.3) is 5.56 Å². The predicted molar refractivity (Wildman–Crippen MR) is 111 cm³/mol. The zero-order chi connectivity index (χ0) is 22.3. The van der Waals surface area contributed by atoms with Crippen molar-refractivity contribution < 1.29 is 22.3 Å². The van der Waals surface area contributed by atoms with Crippen molar-refractivity contribution >= 4 is 11.0 Å². The van der Waals surface area contributed by atoms with Crippen molar-refractivity contribution in [2.45, 2.75) is 25.7 Å². The Hall–Kier alpha value is -3.59. The molecule has 32 heavy (non-hydrogen) atoms. The lowest BCUT2D eigenvalue weighted by atomic mass is 10.1. The first-order valence-electron chi connectivity index (χ1n) is 10.0. The van der Waals surface area contributed by atoms with Gasteiger partial charge in [0.15, 0.2) is 0 Å². The number of benzene rings is 1. The van der Waals surface area contributed by atoms with E-state index in [1.54, 1.807) is 12.3 Å². The molecular formula is C23H18F3N3O3. The van der Waals surface area contributed by atoms with Gasteiger partial charge in [-0.2, -0.15) is 13.2 Å². The molecule has 0 fully saturated rings. The fourth-order valence-electron chi connectivity index (χ4n) is 3.75. The van der Waals surface area contributed by atoms with Crippen LogP contribution in [-0.4, -0.2) is 16.1 Å². The summed E-state index contributed by atoms with van der Waals surface area (Å²) in [5.74, 6) is 1.28. The molecule has 4 heterocycles. The van der Waals surface area contributed by atoms with E-state index >= 15 is 0 Å². The summed E-state index contributed by atoms with van der Waals surface area (Å²) in [5, 5.41) is 4.37. The smallest absolute Gasteiger partial charge is 0.417 e. The van der Waals surface area contributed by atoms with E-state index < -0.39 is 11.7 Å². The molecule has 0 atom stereocenters. The van der Waals surface area contributed by atoms with Crippen LogP contribution in [0.15, 0.2) is 64.1 Å². The predicted octanol–water partition coefficient (Wildman–Crippen LogP) is 4.22. The number of aromatic nitrogens is 2. The molecule has 164 valence electrons. The Morgan fingerprint density at radius 1 is 1.16 bits per heavy atom. The molecule has 1 aromatic carbocycles. The lowest BCUT2D eigenvalue weighted by molar-refractivity contribution is -0.137. The van der Waals surface area contributed by atoms with Gasteiger partial charge in [-0.25, -0.2) is 0 Å². The van der Waals surface area contributed by atoms with E-state index in [1.165, 1.54) is 16.7 Å². The third kappa shape index (κ3) is 3.87. The number of alkyl halides is 3. The molecule has 1 N–H and O–H groups in total. The second-order valence-electron chi connectivity index (χ2n) is 7.51. The standard InChI is InChI=1S/C23H18F3N3O3/c24-23(25,26)14-1-2-15(28-11-14)13-31-17-6-8-29(22(30)10-17)16-3-4-18-19-12-27-7-5-20(19)32-21(18)9-16/h1-4,6,8-11,27H,5,7,12-13H2. The van der Waals surface area contributed by atoms with Crippen LogP contribution >= 0.6 is 0 Å². The molecule has 0 bridgehead atoms.